The summed E-state index contributed by atoms with van der Waals surface area (Å²) in [5.74, 6) is 0. The van der Waals surface area contributed by atoms with Crippen molar-refractivity contribution in [1.82, 2.24) is 4.57 Å². The second-order valence-electron chi connectivity index (χ2n) is 4.45. The normalized spacial score (nSPS) is 11.1. The molecule has 0 radical (unpaired) electrons. The number of fused-ring (bicyclic) bond motifs is 1. The third-order valence-electron chi connectivity index (χ3n) is 3.04. The van der Waals surface area contributed by atoms with Gasteiger partial charge in [0.15, 0.2) is 6.29 Å². The van der Waals surface area contributed by atoms with Crippen molar-refractivity contribution in [2.75, 3.05) is 0 Å². The Morgan fingerprint density at radius 2 is 2.06 bits per heavy atom. The molecular weight excluding hydrogens is 234 g/mol. The van der Waals surface area contributed by atoms with Crippen molar-refractivity contribution in [2.45, 2.75) is 33.7 Å². The van der Waals surface area contributed by atoms with E-state index in [9.17, 15) is 4.79 Å². The van der Waals surface area contributed by atoms with Gasteiger partial charge in [0.2, 0.25) is 0 Å². The lowest BCUT2D eigenvalue weighted by molar-refractivity contribution is 0.112. The van der Waals surface area contributed by atoms with Gasteiger partial charge in [-0.1, -0.05) is 24.6 Å². The van der Waals surface area contributed by atoms with E-state index >= 15 is 0 Å². The Kier molecular flexibility index (Phi) is 3.25. The van der Waals surface area contributed by atoms with Crippen LogP contribution in [-0.4, -0.2) is 10.9 Å². The van der Waals surface area contributed by atoms with Crippen LogP contribution in [0.3, 0.4) is 0 Å². The highest BCUT2D eigenvalue weighted by atomic mass is 35.5. The third-order valence-corrected chi connectivity index (χ3v) is 3.45. The van der Waals surface area contributed by atoms with Crippen molar-refractivity contribution in [3.63, 3.8) is 0 Å². The molecule has 17 heavy (non-hydrogen) atoms. The van der Waals surface area contributed by atoms with Gasteiger partial charge in [0.25, 0.3) is 0 Å². The summed E-state index contributed by atoms with van der Waals surface area (Å²) in [5.41, 5.74) is 3.99. The van der Waals surface area contributed by atoms with Gasteiger partial charge in [0.1, 0.15) is 5.15 Å². The van der Waals surface area contributed by atoms with Gasteiger partial charge in [-0.25, -0.2) is 0 Å². The lowest BCUT2D eigenvalue weighted by atomic mass is 10.1. The van der Waals surface area contributed by atoms with Gasteiger partial charge in [-0.15, -0.1) is 0 Å². The zero-order valence-electron chi connectivity index (χ0n) is 10.4. The minimum Gasteiger partial charge on any atom is -0.331 e. The Hall–Kier alpha value is -1.28. The minimum absolute atomic E-state index is 0.561. The van der Waals surface area contributed by atoms with Crippen molar-refractivity contribution >= 4 is 28.8 Å². The molecule has 0 saturated heterocycles. The molecule has 0 amide bonds. The molecule has 2 rings (SSSR count). The molecule has 90 valence electrons. The SMILES string of the molecule is CCCn1c(Cl)c(C=O)c2c(C)cc(C)cc21. The Morgan fingerprint density at radius 3 is 2.65 bits per heavy atom. The molecule has 0 aliphatic carbocycles. The fourth-order valence-corrected chi connectivity index (χ4v) is 2.73. The van der Waals surface area contributed by atoms with Crippen molar-refractivity contribution in [3.8, 4) is 0 Å². The summed E-state index contributed by atoms with van der Waals surface area (Å²) in [6.45, 7) is 7.02. The van der Waals surface area contributed by atoms with Crippen LogP contribution in [0, 0.1) is 13.8 Å². The van der Waals surface area contributed by atoms with Crippen molar-refractivity contribution in [1.29, 1.82) is 0 Å². The number of aryl methyl sites for hydroxylation is 3. The van der Waals surface area contributed by atoms with Crippen molar-refractivity contribution in [2.24, 2.45) is 0 Å². The number of aromatic nitrogens is 1. The summed E-state index contributed by atoms with van der Waals surface area (Å²) >= 11 is 6.29. The number of nitrogens with zero attached hydrogens (tertiary/aromatic N) is 1. The average Bonchev–Trinajstić information content (AvgIpc) is 2.53. The quantitative estimate of drug-likeness (QED) is 0.750. The van der Waals surface area contributed by atoms with Crippen LogP contribution in [0.2, 0.25) is 5.15 Å². The van der Waals surface area contributed by atoms with Crippen LogP contribution in [0.25, 0.3) is 10.9 Å². The smallest absolute Gasteiger partial charge is 0.153 e. The third kappa shape index (κ3) is 1.87. The van der Waals surface area contributed by atoms with Crippen LogP contribution < -0.4 is 0 Å². The van der Waals surface area contributed by atoms with Gasteiger partial charge in [-0.3, -0.25) is 4.79 Å². The molecule has 0 saturated carbocycles. The van der Waals surface area contributed by atoms with Gasteiger partial charge in [0, 0.05) is 11.9 Å². The molecule has 1 aromatic heterocycles. The summed E-state index contributed by atoms with van der Waals surface area (Å²) in [6.07, 6.45) is 1.86. The summed E-state index contributed by atoms with van der Waals surface area (Å²) in [6, 6.07) is 4.18. The molecular formula is C14H16ClNO. The molecule has 0 atom stereocenters. The van der Waals surface area contributed by atoms with E-state index in [4.69, 9.17) is 11.6 Å². The molecule has 0 fully saturated rings. The van der Waals surface area contributed by atoms with Crippen LogP contribution in [0.15, 0.2) is 12.1 Å². The number of carbonyl (C=O) groups is 1. The fraction of sp³-hybridized carbons (Fsp3) is 0.357. The zero-order chi connectivity index (χ0) is 12.6. The molecule has 0 spiro atoms. The van der Waals surface area contributed by atoms with Gasteiger partial charge >= 0.3 is 0 Å². The number of hydrogen-bond acceptors (Lipinski definition) is 1. The maximum Gasteiger partial charge on any atom is 0.153 e. The second-order valence-corrected chi connectivity index (χ2v) is 4.81. The van der Waals surface area contributed by atoms with Crippen LogP contribution in [0.5, 0.6) is 0 Å². The Balaban J connectivity index is 2.90. The van der Waals surface area contributed by atoms with E-state index in [1.807, 2.05) is 11.5 Å². The molecule has 2 aromatic rings. The highest BCUT2D eigenvalue weighted by Gasteiger charge is 2.16. The minimum atomic E-state index is 0.561. The van der Waals surface area contributed by atoms with Crippen molar-refractivity contribution in [3.05, 3.63) is 34.0 Å². The monoisotopic (exact) mass is 249 g/mol. The van der Waals surface area contributed by atoms with Gasteiger partial charge in [-0.2, -0.15) is 0 Å². The predicted octanol–water partition coefficient (Wildman–Crippen LogP) is 4.13. The van der Waals surface area contributed by atoms with Gasteiger partial charge in [-0.05, 0) is 37.5 Å². The lowest BCUT2D eigenvalue weighted by Crippen LogP contribution is -1.96. The Bertz CT molecular complexity index is 584. The van der Waals surface area contributed by atoms with Gasteiger partial charge in [0.05, 0.1) is 11.1 Å². The summed E-state index contributed by atoms with van der Waals surface area (Å²) in [4.78, 5) is 11.2. The fourth-order valence-electron chi connectivity index (χ4n) is 2.41. The van der Waals surface area contributed by atoms with E-state index < -0.39 is 0 Å². The average molecular weight is 250 g/mol. The summed E-state index contributed by atoms with van der Waals surface area (Å²) in [7, 11) is 0. The van der Waals surface area contributed by atoms with Crippen molar-refractivity contribution < 1.29 is 4.79 Å². The first-order valence-corrected chi connectivity index (χ1v) is 6.22. The van der Waals surface area contributed by atoms with Gasteiger partial charge < -0.3 is 4.57 Å². The number of aldehydes is 1. The zero-order valence-corrected chi connectivity index (χ0v) is 11.1. The van der Waals surface area contributed by atoms with E-state index in [1.165, 1.54) is 5.56 Å². The number of hydrogen-bond donors (Lipinski definition) is 0. The Labute approximate surface area is 106 Å². The predicted molar refractivity (Wildman–Crippen MR) is 72.1 cm³/mol. The molecule has 2 nitrogen and oxygen atoms in total. The highest BCUT2D eigenvalue weighted by molar-refractivity contribution is 6.34. The van der Waals surface area contributed by atoms with E-state index in [0.29, 0.717) is 10.7 Å². The lowest BCUT2D eigenvalue weighted by Gasteiger charge is -2.06. The molecule has 1 heterocycles. The van der Waals surface area contributed by atoms with Crippen LogP contribution >= 0.6 is 11.6 Å². The molecule has 0 N–H and O–H groups in total. The summed E-state index contributed by atoms with van der Waals surface area (Å²) < 4.78 is 2.03. The highest BCUT2D eigenvalue weighted by Crippen LogP contribution is 2.32. The maximum atomic E-state index is 11.2. The number of benzene rings is 1. The first-order valence-electron chi connectivity index (χ1n) is 5.84. The molecule has 0 unspecified atom stereocenters. The number of rotatable bonds is 3. The molecule has 0 aliphatic rings. The van der Waals surface area contributed by atoms with E-state index in [2.05, 4.69) is 26.0 Å². The van der Waals surface area contributed by atoms with E-state index in [0.717, 1.165) is 35.7 Å². The molecule has 0 bridgehead atoms. The molecule has 0 aliphatic heterocycles. The van der Waals surface area contributed by atoms with Crippen LogP contribution in [0.1, 0.15) is 34.8 Å². The first-order chi connectivity index (χ1) is 8.10. The maximum absolute atomic E-state index is 11.2. The standard InChI is InChI=1S/C14H16ClNO/c1-4-5-16-12-7-9(2)6-10(3)13(12)11(8-17)14(16)15/h6-8H,4-5H2,1-3H3. The van der Waals surface area contributed by atoms with Crippen LogP contribution in [0.4, 0.5) is 0 Å². The topological polar surface area (TPSA) is 22.0 Å². The summed E-state index contributed by atoms with van der Waals surface area (Å²) in [5, 5.41) is 1.55. The van der Waals surface area contributed by atoms with Crippen LogP contribution in [-0.2, 0) is 6.54 Å². The second kappa shape index (κ2) is 4.53. The molecule has 1 aromatic carbocycles. The Morgan fingerprint density at radius 1 is 1.35 bits per heavy atom. The molecule has 3 heteroatoms. The first kappa shape index (κ1) is 12.2. The number of carbonyl (C=O) groups excluding carboxylic acids is 1. The number of halogens is 1. The van der Waals surface area contributed by atoms with E-state index in [1.54, 1.807) is 0 Å². The van der Waals surface area contributed by atoms with E-state index in [-0.39, 0.29) is 0 Å². The largest absolute Gasteiger partial charge is 0.331 e.